The predicted octanol–water partition coefficient (Wildman–Crippen LogP) is 5.55. The number of alkyl halides is 4. The van der Waals surface area contributed by atoms with Crippen LogP contribution in [0.2, 0.25) is 0 Å². The van der Waals surface area contributed by atoms with Crippen molar-refractivity contribution >= 4 is 56.7 Å². The molecule has 0 radical (unpaired) electrons. The summed E-state index contributed by atoms with van der Waals surface area (Å²) in [4.78, 5) is 17.2. The summed E-state index contributed by atoms with van der Waals surface area (Å²) < 4.78 is 41.4. The first-order chi connectivity index (χ1) is 12.3. The van der Waals surface area contributed by atoms with Crippen molar-refractivity contribution < 1.29 is 18.0 Å². The minimum atomic E-state index is -2.90. The van der Waals surface area contributed by atoms with Gasteiger partial charge < -0.3 is 5.32 Å². The molecule has 1 aromatic heterocycles. The molecule has 1 heterocycles. The molecule has 1 aliphatic rings. The molecule has 140 valence electrons. The number of anilines is 1. The quantitative estimate of drug-likeness (QED) is 0.421. The molecule has 1 aliphatic carbocycles. The van der Waals surface area contributed by atoms with E-state index in [1.807, 2.05) is 12.1 Å². The highest BCUT2D eigenvalue weighted by molar-refractivity contribution is 14.1. The molecule has 0 saturated heterocycles. The number of rotatable bonds is 6. The summed E-state index contributed by atoms with van der Waals surface area (Å²) in [5.74, 6) is -0.439. The molecule has 1 saturated carbocycles. The van der Waals surface area contributed by atoms with Gasteiger partial charge in [-0.05, 0) is 53.6 Å². The number of carbonyl (C=O) groups excluding carboxylic acids is 1. The van der Waals surface area contributed by atoms with Crippen LogP contribution in [0.25, 0.3) is 10.9 Å². The number of hydrogen-bond donors (Lipinski definition) is 1. The number of halogens is 5. The van der Waals surface area contributed by atoms with E-state index in [1.54, 1.807) is 18.3 Å². The van der Waals surface area contributed by atoms with Crippen molar-refractivity contribution in [1.82, 2.24) is 4.98 Å². The van der Waals surface area contributed by atoms with Crippen LogP contribution in [-0.4, -0.2) is 28.9 Å². The van der Waals surface area contributed by atoms with Crippen LogP contribution in [0.1, 0.15) is 25.7 Å². The molecule has 2 atom stereocenters. The standard InChI is InChI=1S/C18H17ClF3IN2O/c19-18(22,14(21)9-20)10-17(6-2-7-17)16(26)25-13-5-4-12(23)11-3-1-8-24-15(11)13/h1,3-5,8,14H,2,6-7,9-10H2,(H,25,26). The van der Waals surface area contributed by atoms with Crippen LogP contribution >= 0.6 is 34.2 Å². The number of amides is 1. The number of hydrogen-bond acceptors (Lipinski definition) is 2. The Kier molecular flexibility index (Phi) is 5.67. The van der Waals surface area contributed by atoms with E-state index in [0.717, 1.165) is 8.96 Å². The third kappa shape index (κ3) is 3.65. The SMILES string of the molecule is O=C(Nc1ccc(I)c2cccnc12)C1(CC(F)(Cl)C(F)CF)CCC1. The van der Waals surface area contributed by atoms with Crippen molar-refractivity contribution in [1.29, 1.82) is 0 Å². The van der Waals surface area contributed by atoms with Crippen molar-refractivity contribution in [2.24, 2.45) is 5.41 Å². The van der Waals surface area contributed by atoms with Gasteiger partial charge in [-0.25, -0.2) is 13.2 Å². The first-order valence-electron chi connectivity index (χ1n) is 8.22. The van der Waals surface area contributed by atoms with E-state index >= 15 is 0 Å². The molecule has 3 rings (SSSR count). The van der Waals surface area contributed by atoms with Gasteiger partial charge in [0.1, 0.15) is 6.67 Å². The first-order valence-corrected chi connectivity index (χ1v) is 9.67. The lowest BCUT2D eigenvalue weighted by atomic mass is 9.64. The second kappa shape index (κ2) is 7.50. The maximum atomic E-state index is 14.4. The highest BCUT2D eigenvalue weighted by atomic mass is 127. The molecule has 0 bridgehead atoms. The predicted molar refractivity (Wildman–Crippen MR) is 105 cm³/mol. The number of pyridine rings is 1. The van der Waals surface area contributed by atoms with Crippen molar-refractivity contribution in [2.45, 2.75) is 37.0 Å². The lowest BCUT2D eigenvalue weighted by Crippen LogP contribution is -2.48. The summed E-state index contributed by atoms with van der Waals surface area (Å²) in [7, 11) is 0. The van der Waals surface area contributed by atoms with Gasteiger partial charge >= 0.3 is 0 Å². The fourth-order valence-corrected chi connectivity index (χ4v) is 4.19. The molecule has 2 aromatic rings. The Hall–Kier alpha value is -1.09. The second-order valence-electron chi connectivity index (χ2n) is 6.64. The zero-order valence-electron chi connectivity index (χ0n) is 13.7. The largest absolute Gasteiger partial charge is 0.324 e. The number of nitrogens with zero attached hydrogens (tertiary/aromatic N) is 1. The van der Waals surface area contributed by atoms with Gasteiger partial charge in [0.2, 0.25) is 11.0 Å². The molecular weight excluding hydrogens is 480 g/mol. The Labute approximate surface area is 167 Å². The van der Waals surface area contributed by atoms with Crippen LogP contribution in [0.3, 0.4) is 0 Å². The van der Waals surface area contributed by atoms with E-state index in [1.165, 1.54) is 0 Å². The zero-order chi connectivity index (χ0) is 18.9. The van der Waals surface area contributed by atoms with Crippen LogP contribution in [0.5, 0.6) is 0 Å². The molecule has 2 unspecified atom stereocenters. The third-order valence-corrected chi connectivity index (χ3v) is 6.24. The maximum Gasteiger partial charge on any atom is 0.230 e. The van der Waals surface area contributed by atoms with Crippen LogP contribution < -0.4 is 5.32 Å². The zero-order valence-corrected chi connectivity index (χ0v) is 16.7. The Balaban J connectivity index is 1.86. The summed E-state index contributed by atoms with van der Waals surface area (Å²) in [6.45, 7) is -1.52. The van der Waals surface area contributed by atoms with Gasteiger partial charge in [-0.3, -0.25) is 9.78 Å². The summed E-state index contributed by atoms with van der Waals surface area (Å²) in [6.07, 6.45) is 0.0633. The van der Waals surface area contributed by atoms with Gasteiger partial charge in [0.05, 0.1) is 16.6 Å². The average Bonchev–Trinajstić information content (AvgIpc) is 2.60. The Morgan fingerprint density at radius 2 is 2.15 bits per heavy atom. The smallest absolute Gasteiger partial charge is 0.230 e. The third-order valence-electron chi connectivity index (χ3n) is 4.92. The maximum absolute atomic E-state index is 14.4. The van der Waals surface area contributed by atoms with E-state index in [0.29, 0.717) is 30.5 Å². The van der Waals surface area contributed by atoms with Crippen molar-refractivity contribution in [2.75, 3.05) is 12.0 Å². The summed E-state index contributed by atoms with van der Waals surface area (Å²) in [5.41, 5.74) is -0.0227. The van der Waals surface area contributed by atoms with Gasteiger partial charge in [-0.15, -0.1) is 0 Å². The Bertz CT molecular complexity index is 829. The normalized spacial score (nSPS) is 19.4. The number of nitrogens with one attached hydrogen (secondary N) is 1. The summed E-state index contributed by atoms with van der Waals surface area (Å²) in [6, 6.07) is 7.26. The number of aromatic nitrogens is 1. The van der Waals surface area contributed by atoms with Crippen LogP contribution in [0.4, 0.5) is 18.9 Å². The summed E-state index contributed by atoms with van der Waals surface area (Å²) in [5, 5.41) is 0.766. The molecule has 8 heteroatoms. The van der Waals surface area contributed by atoms with E-state index in [9.17, 15) is 18.0 Å². The first kappa shape index (κ1) is 19.7. The fraction of sp³-hybridized carbons (Fsp3) is 0.444. The topological polar surface area (TPSA) is 42.0 Å². The van der Waals surface area contributed by atoms with Gasteiger partial charge in [-0.1, -0.05) is 24.1 Å². The van der Waals surface area contributed by atoms with Crippen LogP contribution in [0.15, 0.2) is 30.5 Å². The molecule has 1 aromatic carbocycles. The molecular formula is C18H17ClF3IN2O. The number of carbonyl (C=O) groups is 1. The van der Waals surface area contributed by atoms with Crippen LogP contribution in [0, 0.1) is 8.99 Å². The van der Waals surface area contributed by atoms with Crippen LogP contribution in [-0.2, 0) is 4.79 Å². The molecule has 1 N–H and O–H groups in total. The molecule has 1 fully saturated rings. The molecule has 1 amide bonds. The lowest BCUT2D eigenvalue weighted by molar-refractivity contribution is -0.133. The van der Waals surface area contributed by atoms with Crippen molar-refractivity contribution in [3.8, 4) is 0 Å². The van der Waals surface area contributed by atoms with E-state index in [-0.39, 0.29) is 0 Å². The average molecular weight is 497 g/mol. The van der Waals surface area contributed by atoms with Crippen molar-refractivity contribution in [3.05, 3.63) is 34.0 Å². The highest BCUT2D eigenvalue weighted by Crippen LogP contribution is 2.51. The van der Waals surface area contributed by atoms with Gasteiger partial charge in [0.15, 0.2) is 6.17 Å². The fourth-order valence-electron chi connectivity index (χ4n) is 3.26. The molecule has 26 heavy (non-hydrogen) atoms. The number of fused-ring (bicyclic) bond motifs is 1. The van der Waals surface area contributed by atoms with E-state index in [4.69, 9.17) is 11.6 Å². The molecule has 0 spiro atoms. The minimum absolute atomic E-state index is 0.381. The van der Waals surface area contributed by atoms with E-state index in [2.05, 4.69) is 32.9 Å². The van der Waals surface area contributed by atoms with Gasteiger partial charge in [0, 0.05) is 21.6 Å². The van der Waals surface area contributed by atoms with Gasteiger partial charge in [-0.2, -0.15) is 0 Å². The van der Waals surface area contributed by atoms with Crippen molar-refractivity contribution in [3.63, 3.8) is 0 Å². The molecule has 0 aliphatic heterocycles. The Morgan fingerprint density at radius 3 is 2.77 bits per heavy atom. The van der Waals surface area contributed by atoms with E-state index < -0.39 is 35.7 Å². The lowest BCUT2D eigenvalue weighted by Gasteiger charge is -2.43. The second-order valence-corrected chi connectivity index (χ2v) is 8.43. The summed E-state index contributed by atoms with van der Waals surface area (Å²) >= 11 is 7.75. The Morgan fingerprint density at radius 1 is 1.42 bits per heavy atom. The minimum Gasteiger partial charge on any atom is -0.324 e. The molecule has 3 nitrogen and oxygen atoms in total. The monoisotopic (exact) mass is 496 g/mol. The van der Waals surface area contributed by atoms with Gasteiger partial charge in [0.25, 0.3) is 0 Å². The number of benzene rings is 1. The highest BCUT2D eigenvalue weighted by Gasteiger charge is 2.53.